The quantitative estimate of drug-likeness (QED) is 0.852. The monoisotopic (exact) mass is 223 g/mol. The first kappa shape index (κ1) is 11.6. The Kier molecular flexibility index (Phi) is 3.56. The number of hydrogen-bond donors (Lipinski definition) is 1. The highest BCUT2D eigenvalue weighted by Gasteiger charge is 2.32. The zero-order valence-corrected chi connectivity index (χ0v) is 9.42. The van der Waals surface area contributed by atoms with E-state index in [4.69, 9.17) is 10.5 Å². The summed E-state index contributed by atoms with van der Waals surface area (Å²) in [5.74, 6) is 0. The van der Waals surface area contributed by atoms with Crippen LogP contribution in [0.25, 0.3) is 0 Å². The van der Waals surface area contributed by atoms with Gasteiger partial charge in [0.15, 0.2) is 0 Å². The van der Waals surface area contributed by atoms with Gasteiger partial charge in [-0.1, -0.05) is 24.3 Å². The lowest BCUT2D eigenvalue weighted by molar-refractivity contribution is -0.00816. The molecule has 16 heavy (non-hydrogen) atoms. The van der Waals surface area contributed by atoms with Gasteiger partial charge in [-0.25, -0.2) is 4.39 Å². The van der Waals surface area contributed by atoms with Crippen LogP contribution in [0.15, 0.2) is 24.3 Å². The summed E-state index contributed by atoms with van der Waals surface area (Å²) in [6.45, 7) is 1.58. The van der Waals surface area contributed by atoms with E-state index in [2.05, 4.69) is 0 Å². The average molecular weight is 223 g/mol. The van der Waals surface area contributed by atoms with Gasteiger partial charge < -0.3 is 10.5 Å². The summed E-state index contributed by atoms with van der Waals surface area (Å²) < 4.78 is 19.6. The second-order valence-electron chi connectivity index (χ2n) is 4.46. The molecule has 1 aliphatic rings. The molecule has 1 aliphatic heterocycles. The second-order valence-corrected chi connectivity index (χ2v) is 4.46. The summed E-state index contributed by atoms with van der Waals surface area (Å²) in [4.78, 5) is 0. The second kappa shape index (κ2) is 4.93. The molecule has 88 valence electrons. The van der Waals surface area contributed by atoms with Crippen LogP contribution in [0.3, 0.4) is 0 Å². The molecule has 0 aromatic heterocycles. The van der Waals surface area contributed by atoms with Crippen LogP contribution in [0.5, 0.6) is 0 Å². The van der Waals surface area contributed by atoms with E-state index in [-0.39, 0.29) is 0 Å². The van der Waals surface area contributed by atoms with Gasteiger partial charge in [0.1, 0.15) is 5.67 Å². The molecule has 3 heteroatoms. The first-order valence-corrected chi connectivity index (χ1v) is 5.76. The maximum Gasteiger partial charge on any atom is 0.119 e. The van der Waals surface area contributed by atoms with Crippen molar-refractivity contribution in [3.05, 3.63) is 35.4 Å². The first-order chi connectivity index (χ1) is 7.72. The standard InChI is InChI=1S/C13H18FNO/c14-13(4-6-16-7-5-13)9-11-2-1-3-12(8-11)10-15/h1-3,8H,4-7,9-10,15H2. The fraction of sp³-hybridized carbons (Fsp3) is 0.538. The third-order valence-electron chi connectivity index (χ3n) is 3.14. The third-order valence-corrected chi connectivity index (χ3v) is 3.14. The van der Waals surface area contributed by atoms with Gasteiger partial charge in [0.05, 0.1) is 0 Å². The summed E-state index contributed by atoms with van der Waals surface area (Å²) in [6.07, 6.45) is 1.48. The molecule has 0 amide bonds. The normalized spacial score (nSPS) is 19.6. The number of hydrogen-bond acceptors (Lipinski definition) is 2. The summed E-state index contributed by atoms with van der Waals surface area (Å²) in [7, 11) is 0. The van der Waals surface area contributed by atoms with Crippen LogP contribution in [-0.4, -0.2) is 18.9 Å². The van der Waals surface area contributed by atoms with E-state index in [1.807, 2.05) is 24.3 Å². The molecule has 1 fully saturated rings. The van der Waals surface area contributed by atoms with Gasteiger partial charge in [-0.2, -0.15) is 0 Å². The molecular weight excluding hydrogens is 205 g/mol. The van der Waals surface area contributed by atoms with Crippen LogP contribution < -0.4 is 5.73 Å². The fourth-order valence-corrected chi connectivity index (χ4v) is 2.15. The summed E-state index contributed by atoms with van der Waals surface area (Å²) in [6, 6.07) is 7.88. The fourth-order valence-electron chi connectivity index (χ4n) is 2.15. The minimum Gasteiger partial charge on any atom is -0.381 e. The Morgan fingerprint density at radius 3 is 2.62 bits per heavy atom. The minimum atomic E-state index is -1.09. The molecule has 1 aromatic carbocycles. The van der Waals surface area contributed by atoms with Crippen molar-refractivity contribution in [3.63, 3.8) is 0 Å². The molecule has 0 aliphatic carbocycles. The molecule has 2 rings (SSSR count). The Morgan fingerprint density at radius 2 is 1.94 bits per heavy atom. The number of halogens is 1. The highest BCUT2D eigenvalue weighted by molar-refractivity contribution is 5.24. The lowest BCUT2D eigenvalue weighted by Crippen LogP contribution is -2.33. The van der Waals surface area contributed by atoms with E-state index in [1.165, 1.54) is 0 Å². The Labute approximate surface area is 95.6 Å². The zero-order valence-electron chi connectivity index (χ0n) is 9.42. The number of benzene rings is 1. The van der Waals surface area contributed by atoms with Crippen molar-refractivity contribution in [2.75, 3.05) is 13.2 Å². The van der Waals surface area contributed by atoms with Crippen molar-refractivity contribution >= 4 is 0 Å². The van der Waals surface area contributed by atoms with Crippen LogP contribution >= 0.6 is 0 Å². The number of nitrogens with two attached hydrogens (primary N) is 1. The summed E-state index contributed by atoms with van der Waals surface area (Å²) in [5.41, 5.74) is 6.58. The van der Waals surface area contributed by atoms with Crippen LogP contribution in [0, 0.1) is 0 Å². The molecular formula is C13H18FNO. The molecule has 0 bridgehead atoms. The molecule has 0 spiro atoms. The predicted molar refractivity (Wildman–Crippen MR) is 61.9 cm³/mol. The topological polar surface area (TPSA) is 35.2 Å². The Hall–Kier alpha value is -0.930. The average Bonchev–Trinajstić information content (AvgIpc) is 2.29. The van der Waals surface area contributed by atoms with E-state index in [0.29, 0.717) is 39.0 Å². The number of ether oxygens (including phenoxy) is 1. The predicted octanol–water partition coefficient (Wildman–Crippen LogP) is 2.21. The van der Waals surface area contributed by atoms with Crippen LogP contribution in [-0.2, 0) is 17.7 Å². The third kappa shape index (κ3) is 2.80. The largest absolute Gasteiger partial charge is 0.381 e. The molecule has 1 aromatic rings. The van der Waals surface area contributed by atoms with Gasteiger partial charge in [-0.15, -0.1) is 0 Å². The lowest BCUT2D eigenvalue weighted by Gasteiger charge is -2.29. The van der Waals surface area contributed by atoms with Crippen LogP contribution in [0.2, 0.25) is 0 Å². The lowest BCUT2D eigenvalue weighted by atomic mass is 9.89. The van der Waals surface area contributed by atoms with E-state index in [1.54, 1.807) is 0 Å². The van der Waals surface area contributed by atoms with Gasteiger partial charge in [0.2, 0.25) is 0 Å². The molecule has 2 nitrogen and oxygen atoms in total. The number of rotatable bonds is 3. The van der Waals surface area contributed by atoms with Gasteiger partial charge >= 0.3 is 0 Å². The van der Waals surface area contributed by atoms with Crippen molar-refractivity contribution in [2.45, 2.75) is 31.5 Å². The SMILES string of the molecule is NCc1cccc(CC2(F)CCOCC2)c1. The van der Waals surface area contributed by atoms with Crippen molar-refractivity contribution in [1.82, 2.24) is 0 Å². The van der Waals surface area contributed by atoms with Crippen molar-refractivity contribution in [2.24, 2.45) is 5.73 Å². The molecule has 0 radical (unpaired) electrons. The highest BCUT2D eigenvalue weighted by Crippen LogP contribution is 2.29. The van der Waals surface area contributed by atoms with Crippen molar-refractivity contribution < 1.29 is 9.13 Å². The van der Waals surface area contributed by atoms with Gasteiger partial charge in [0, 0.05) is 39.0 Å². The molecule has 0 unspecified atom stereocenters. The molecule has 1 saturated heterocycles. The Morgan fingerprint density at radius 1 is 1.25 bits per heavy atom. The van der Waals surface area contributed by atoms with Crippen LogP contribution in [0.4, 0.5) is 4.39 Å². The minimum absolute atomic E-state index is 0.476. The molecule has 0 atom stereocenters. The van der Waals surface area contributed by atoms with E-state index < -0.39 is 5.67 Å². The molecule has 1 heterocycles. The zero-order chi connectivity index (χ0) is 11.4. The Balaban J connectivity index is 2.07. The highest BCUT2D eigenvalue weighted by atomic mass is 19.1. The summed E-state index contributed by atoms with van der Waals surface area (Å²) in [5, 5.41) is 0. The van der Waals surface area contributed by atoms with E-state index >= 15 is 0 Å². The Bertz CT molecular complexity index is 348. The molecule has 0 saturated carbocycles. The van der Waals surface area contributed by atoms with Gasteiger partial charge in [0.25, 0.3) is 0 Å². The smallest absolute Gasteiger partial charge is 0.119 e. The first-order valence-electron chi connectivity index (χ1n) is 5.76. The maximum absolute atomic E-state index is 14.4. The number of alkyl halides is 1. The van der Waals surface area contributed by atoms with Gasteiger partial charge in [-0.05, 0) is 11.1 Å². The molecule has 2 N–H and O–H groups in total. The summed E-state index contributed by atoms with van der Waals surface area (Å²) >= 11 is 0. The van der Waals surface area contributed by atoms with Gasteiger partial charge in [-0.3, -0.25) is 0 Å². The van der Waals surface area contributed by atoms with E-state index in [9.17, 15) is 4.39 Å². The maximum atomic E-state index is 14.4. The van der Waals surface area contributed by atoms with Crippen LogP contribution in [0.1, 0.15) is 24.0 Å². The van der Waals surface area contributed by atoms with Crippen molar-refractivity contribution in [3.8, 4) is 0 Å². The van der Waals surface area contributed by atoms with E-state index in [0.717, 1.165) is 11.1 Å². The van der Waals surface area contributed by atoms with Crippen molar-refractivity contribution in [1.29, 1.82) is 0 Å².